The summed E-state index contributed by atoms with van der Waals surface area (Å²) in [5, 5.41) is 3.39. The molecule has 17 heteroatoms. The second-order valence-electron chi connectivity index (χ2n) is 9.42. The van der Waals surface area contributed by atoms with Gasteiger partial charge in [-0.25, -0.2) is 45.0 Å². The first-order chi connectivity index (χ1) is 20.4. The van der Waals surface area contributed by atoms with Gasteiger partial charge in [0.1, 0.15) is 21.5 Å². The fourth-order valence-corrected chi connectivity index (χ4v) is 6.98. The molecule has 2 aromatic heterocycles. The van der Waals surface area contributed by atoms with Gasteiger partial charge in [0.05, 0.1) is 40.9 Å². The molecule has 0 aliphatic carbocycles. The Morgan fingerprint density at radius 3 is 2.37 bits per heavy atom. The van der Waals surface area contributed by atoms with Crippen LogP contribution >= 0.6 is 11.3 Å². The molecule has 3 heterocycles. The van der Waals surface area contributed by atoms with Gasteiger partial charge in [-0.05, 0) is 30.3 Å². The summed E-state index contributed by atoms with van der Waals surface area (Å²) in [7, 11) is -8.07. The highest BCUT2D eigenvalue weighted by atomic mass is 32.2. The van der Waals surface area contributed by atoms with Crippen LogP contribution < -0.4 is 14.9 Å². The second-order valence-corrected chi connectivity index (χ2v) is 14.3. The summed E-state index contributed by atoms with van der Waals surface area (Å²) in [5.74, 6) is -3.68. The molecule has 1 aliphatic rings. The number of hydrogen-bond acceptors (Lipinski definition) is 11. The molecule has 11 nitrogen and oxygen atoms in total. The van der Waals surface area contributed by atoms with E-state index in [1.54, 1.807) is 6.07 Å². The van der Waals surface area contributed by atoms with E-state index in [0.717, 1.165) is 30.5 Å². The van der Waals surface area contributed by atoms with Gasteiger partial charge >= 0.3 is 0 Å². The van der Waals surface area contributed by atoms with E-state index in [0.29, 0.717) is 42.0 Å². The number of halogens is 3. The topological polar surface area (TPSA) is 143 Å². The fourth-order valence-electron chi connectivity index (χ4n) is 4.20. The van der Waals surface area contributed by atoms with Crippen LogP contribution in [0.1, 0.15) is 0 Å². The zero-order chi connectivity index (χ0) is 30.8. The Bertz CT molecular complexity index is 1850. The smallest absolute Gasteiger partial charge is 0.267 e. The maximum atomic E-state index is 16.0. The summed E-state index contributed by atoms with van der Waals surface area (Å²) < 4.78 is 101. The molecule has 0 atom stereocenters. The minimum Gasteiger partial charge on any atom is -0.378 e. The number of sulfonamides is 1. The minimum absolute atomic E-state index is 0.0658. The van der Waals surface area contributed by atoms with Crippen molar-refractivity contribution in [2.24, 2.45) is 0 Å². The summed E-state index contributed by atoms with van der Waals surface area (Å²) in [4.78, 5) is 14.4. The van der Waals surface area contributed by atoms with E-state index in [1.807, 2.05) is 9.62 Å². The number of thiazole rings is 1. The summed E-state index contributed by atoms with van der Waals surface area (Å²) in [6, 6.07) is 8.05. The van der Waals surface area contributed by atoms with Crippen molar-refractivity contribution in [2.75, 3.05) is 59.8 Å². The van der Waals surface area contributed by atoms with Gasteiger partial charge in [-0.1, -0.05) is 23.5 Å². The Hall–Kier alpha value is -3.80. The second kappa shape index (κ2) is 12.4. The van der Waals surface area contributed by atoms with E-state index in [4.69, 9.17) is 4.74 Å². The predicted molar refractivity (Wildman–Crippen MR) is 157 cm³/mol. The van der Waals surface area contributed by atoms with Gasteiger partial charge in [0, 0.05) is 37.7 Å². The molecule has 4 aromatic rings. The average Bonchev–Trinajstić information content (AvgIpc) is 3.39. The highest BCUT2D eigenvalue weighted by molar-refractivity contribution is 7.92. The maximum Gasteiger partial charge on any atom is 0.267 e. The molecular weight excluding hydrogens is 630 g/mol. The first kappa shape index (κ1) is 30.7. The average molecular weight is 655 g/mol. The summed E-state index contributed by atoms with van der Waals surface area (Å²) in [6.07, 6.45) is 2.56. The van der Waals surface area contributed by atoms with Gasteiger partial charge in [0.15, 0.2) is 15.8 Å². The van der Waals surface area contributed by atoms with Gasteiger partial charge < -0.3 is 15.0 Å². The Balaban J connectivity index is 1.55. The highest BCUT2D eigenvalue weighted by Crippen LogP contribution is 2.42. The number of anilines is 3. The monoisotopic (exact) mass is 654 g/mol. The molecule has 228 valence electrons. The molecular formula is C26H25F3N6O5S3. The zero-order valence-corrected chi connectivity index (χ0v) is 25.0. The molecule has 0 spiro atoms. The van der Waals surface area contributed by atoms with Crippen molar-refractivity contribution >= 4 is 48.0 Å². The number of aromatic nitrogens is 3. The van der Waals surface area contributed by atoms with Crippen LogP contribution in [0.2, 0.25) is 0 Å². The largest absolute Gasteiger partial charge is 0.378 e. The number of sulfone groups is 1. The molecule has 2 N–H and O–H groups in total. The summed E-state index contributed by atoms with van der Waals surface area (Å²) in [5.41, 5.74) is -0.145. The number of nitrogens with zero attached hydrogens (tertiary/aromatic N) is 4. The third-order valence-electron chi connectivity index (χ3n) is 6.23. The van der Waals surface area contributed by atoms with Crippen molar-refractivity contribution in [3.63, 3.8) is 0 Å². The van der Waals surface area contributed by atoms with Crippen LogP contribution in [0.5, 0.6) is 0 Å². The van der Waals surface area contributed by atoms with Gasteiger partial charge in [-0.3, -0.25) is 4.72 Å². The lowest BCUT2D eigenvalue weighted by Crippen LogP contribution is -2.36. The molecule has 1 fully saturated rings. The number of rotatable bonds is 10. The standard InChI is InChI=1S/C26H25F3N6O5S3/c1-42(36,37)15-10-31-25-30-9-8-20(32-25)23-22(33-26(41-23)35-11-13-40-14-12-35)16-4-2-7-19(21(16)29)34-43(38,39)24-17(27)5-3-6-18(24)28/h2-9,34H,10-15H2,1H3,(H,30,31,32). The Kier molecular flexibility index (Phi) is 8.86. The van der Waals surface area contributed by atoms with Crippen LogP contribution in [0.4, 0.5) is 29.9 Å². The van der Waals surface area contributed by atoms with Crippen molar-refractivity contribution in [1.82, 2.24) is 15.0 Å². The summed E-state index contributed by atoms with van der Waals surface area (Å²) in [6.45, 7) is 2.06. The number of ether oxygens (including phenoxy) is 1. The molecule has 1 aliphatic heterocycles. The lowest BCUT2D eigenvalue weighted by molar-refractivity contribution is 0.122. The molecule has 0 saturated carbocycles. The minimum atomic E-state index is -4.85. The van der Waals surface area contributed by atoms with Crippen LogP contribution in [-0.4, -0.2) is 76.6 Å². The third kappa shape index (κ3) is 7.06. The molecule has 0 radical (unpaired) electrons. The van der Waals surface area contributed by atoms with Crippen LogP contribution in [0.25, 0.3) is 21.8 Å². The molecule has 5 rings (SSSR count). The molecule has 0 bridgehead atoms. The molecule has 0 amide bonds. The Labute approximate surface area is 249 Å². The van der Waals surface area contributed by atoms with Gasteiger partial charge in [-0.15, -0.1) is 0 Å². The van der Waals surface area contributed by atoms with Crippen LogP contribution in [0, 0.1) is 17.5 Å². The normalized spacial score (nSPS) is 14.1. The highest BCUT2D eigenvalue weighted by Gasteiger charge is 2.28. The van der Waals surface area contributed by atoms with Crippen molar-refractivity contribution in [3.05, 3.63) is 66.1 Å². The number of hydrogen-bond donors (Lipinski definition) is 2. The van der Waals surface area contributed by atoms with Gasteiger partial charge in [-0.2, -0.15) is 0 Å². The van der Waals surface area contributed by atoms with Crippen molar-refractivity contribution in [1.29, 1.82) is 0 Å². The van der Waals surface area contributed by atoms with E-state index >= 15 is 4.39 Å². The van der Waals surface area contributed by atoms with Crippen LogP contribution in [-0.2, 0) is 24.6 Å². The van der Waals surface area contributed by atoms with E-state index in [1.165, 1.54) is 29.7 Å². The lowest BCUT2D eigenvalue weighted by Gasteiger charge is -2.26. The SMILES string of the molecule is CS(=O)(=O)CCNc1nccc(-c2sc(N3CCOCC3)nc2-c2cccc(NS(=O)(=O)c3c(F)cccc3F)c2F)n1. The fraction of sp³-hybridized carbons (Fsp3) is 0.269. The number of morpholine rings is 1. The van der Waals surface area contributed by atoms with Gasteiger partial charge in [0.25, 0.3) is 10.0 Å². The van der Waals surface area contributed by atoms with Crippen molar-refractivity contribution in [3.8, 4) is 21.8 Å². The van der Waals surface area contributed by atoms with Crippen molar-refractivity contribution < 1.29 is 34.7 Å². The maximum absolute atomic E-state index is 16.0. The van der Waals surface area contributed by atoms with Gasteiger partial charge in [0.2, 0.25) is 5.95 Å². The van der Waals surface area contributed by atoms with E-state index in [-0.39, 0.29) is 29.5 Å². The Morgan fingerprint density at radius 2 is 1.67 bits per heavy atom. The summed E-state index contributed by atoms with van der Waals surface area (Å²) >= 11 is 1.22. The van der Waals surface area contributed by atoms with Crippen LogP contribution in [0.15, 0.2) is 53.6 Å². The number of benzene rings is 2. The van der Waals surface area contributed by atoms with E-state index in [9.17, 15) is 25.6 Å². The molecule has 2 aromatic carbocycles. The first-order valence-corrected chi connectivity index (χ1v) is 17.1. The molecule has 1 saturated heterocycles. The molecule has 43 heavy (non-hydrogen) atoms. The quantitative estimate of drug-likeness (QED) is 0.259. The molecule has 0 unspecified atom stereocenters. The third-order valence-corrected chi connectivity index (χ3v) is 9.73. The zero-order valence-electron chi connectivity index (χ0n) is 22.6. The van der Waals surface area contributed by atoms with Crippen LogP contribution in [0.3, 0.4) is 0 Å². The lowest BCUT2D eigenvalue weighted by atomic mass is 10.1. The van der Waals surface area contributed by atoms with E-state index in [2.05, 4.69) is 20.3 Å². The van der Waals surface area contributed by atoms with Crippen molar-refractivity contribution in [2.45, 2.75) is 4.90 Å². The predicted octanol–water partition coefficient (Wildman–Crippen LogP) is 3.78. The number of nitrogens with one attached hydrogen (secondary N) is 2. The Morgan fingerprint density at radius 1 is 0.977 bits per heavy atom. The first-order valence-electron chi connectivity index (χ1n) is 12.8. The van der Waals surface area contributed by atoms with E-state index < -0.39 is 47.9 Å².